The lowest BCUT2D eigenvalue weighted by Gasteiger charge is -2.49. The highest BCUT2D eigenvalue weighted by Crippen LogP contribution is 2.77. The summed E-state index contributed by atoms with van der Waals surface area (Å²) in [5.74, 6) is 1.61. The molecule has 0 N–H and O–H groups in total. The minimum absolute atomic E-state index is 0.228. The molecule has 4 aliphatic rings. The summed E-state index contributed by atoms with van der Waals surface area (Å²) in [4.78, 5) is 0. The predicted molar refractivity (Wildman–Crippen MR) is 64.1 cm³/mol. The van der Waals surface area contributed by atoms with Crippen LogP contribution in [0.2, 0.25) is 0 Å². The van der Waals surface area contributed by atoms with E-state index in [0.29, 0.717) is 16.9 Å². The first kappa shape index (κ1) is 9.70. The molecular weight excluding hydrogens is 196 g/mol. The van der Waals surface area contributed by atoms with Crippen molar-refractivity contribution in [2.75, 3.05) is 0 Å². The molecule has 88 valence electrons. The zero-order chi connectivity index (χ0) is 11.3. The Kier molecular flexibility index (Phi) is 1.39. The third kappa shape index (κ3) is 0.739. The number of rotatable bonds is 0. The zero-order valence-corrected chi connectivity index (χ0v) is 10.7. The van der Waals surface area contributed by atoms with Crippen LogP contribution in [0.4, 0.5) is 0 Å². The van der Waals surface area contributed by atoms with Gasteiger partial charge in [-0.15, -0.1) is 0 Å². The molecule has 16 heavy (non-hydrogen) atoms. The number of allylic oxidation sites excluding steroid dienone is 1. The second-order valence-corrected chi connectivity index (χ2v) is 7.34. The molecule has 1 heteroatoms. The Labute approximate surface area is 98.2 Å². The normalized spacial score (nSPS) is 60.7. The van der Waals surface area contributed by atoms with Crippen molar-refractivity contribution in [3.63, 3.8) is 0 Å². The van der Waals surface area contributed by atoms with E-state index in [1.54, 1.807) is 5.57 Å². The van der Waals surface area contributed by atoms with Gasteiger partial charge < -0.3 is 4.74 Å². The summed E-state index contributed by atoms with van der Waals surface area (Å²) < 4.78 is 6.01. The van der Waals surface area contributed by atoms with Crippen molar-refractivity contribution in [2.24, 2.45) is 22.7 Å². The van der Waals surface area contributed by atoms with E-state index in [2.05, 4.69) is 27.4 Å². The number of hydrogen-bond acceptors (Lipinski definition) is 1. The van der Waals surface area contributed by atoms with Gasteiger partial charge in [0.1, 0.15) is 0 Å². The lowest BCUT2D eigenvalue weighted by atomic mass is 9.55. The molecule has 0 aromatic heterocycles. The smallest absolute Gasteiger partial charge is 0.0982 e. The molecule has 0 aromatic carbocycles. The Balaban J connectivity index is 1.86. The van der Waals surface area contributed by atoms with Gasteiger partial charge in [0, 0.05) is 5.41 Å². The molecule has 1 nitrogen and oxygen atoms in total. The van der Waals surface area contributed by atoms with Crippen LogP contribution >= 0.6 is 0 Å². The van der Waals surface area contributed by atoms with Crippen molar-refractivity contribution >= 4 is 0 Å². The first-order valence-electron chi connectivity index (χ1n) is 6.79. The second-order valence-electron chi connectivity index (χ2n) is 7.34. The van der Waals surface area contributed by atoms with E-state index < -0.39 is 0 Å². The highest BCUT2D eigenvalue weighted by molar-refractivity contribution is 5.35. The van der Waals surface area contributed by atoms with E-state index in [9.17, 15) is 0 Å². The Morgan fingerprint density at radius 2 is 2.06 bits per heavy atom. The van der Waals surface area contributed by atoms with Crippen LogP contribution in [-0.2, 0) is 4.74 Å². The van der Waals surface area contributed by atoms with Crippen LogP contribution in [0.15, 0.2) is 12.2 Å². The summed E-state index contributed by atoms with van der Waals surface area (Å²) in [5, 5.41) is 0. The minimum Gasteiger partial charge on any atom is -0.366 e. The summed E-state index contributed by atoms with van der Waals surface area (Å²) >= 11 is 0. The summed E-state index contributed by atoms with van der Waals surface area (Å²) in [7, 11) is 0. The lowest BCUT2D eigenvalue weighted by molar-refractivity contribution is 0.0179. The predicted octanol–water partition coefficient (Wildman–Crippen LogP) is 3.55. The molecule has 2 unspecified atom stereocenters. The molecule has 0 radical (unpaired) electrons. The molecule has 1 saturated heterocycles. The molecule has 1 aliphatic heterocycles. The van der Waals surface area contributed by atoms with Crippen LogP contribution in [0.3, 0.4) is 0 Å². The topological polar surface area (TPSA) is 12.5 Å². The number of ether oxygens (including phenoxy) is 1. The van der Waals surface area contributed by atoms with Gasteiger partial charge in [0.05, 0.1) is 11.7 Å². The van der Waals surface area contributed by atoms with E-state index in [0.717, 1.165) is 11.8 Å². The Hall–Kier alpha value is -0.300. The molecule has 3 saturated carbocycles. The van der Waals surface area contributed by atoms with Crippen molar-refractivity contribution < 1.29 is 4.74 Å². The third-order valence-electron chi connectivity index (χ3n) is 6.87. The minimum atomic E-state index is 0.228. The summed E-state index contributed by atoms with van der Waals surface area (Å²) in [6.07, 6.45) is 6.00. The fraction of sp³-hybridized carbons (Fsp3) is 0.867. The van der Waals surface area contributed by atoms with Gasteiger partial charge in [-0.3, -0.25) is 0 Å². The van der Waals surface area contributed by atoms with Crippen molar-refractivity contribution in [3.8, 4) is 0 Å². The number of fused-ring (bicyclic) bond motifs is 2. The van der Waals surface area contributed by atoms with E-state index >= 15 is 0 Å². The van der Waals surface area contributed by atoms with Gasteiger partial charge >= 0.3 is 0 Å². The largest absolute Gasteiger partial charge is 0.366 e. The molecule has 2 bridgehead atoms. The van der Waals surface area contributed by atoms with Gasteiger partial charge in [-0.25, -0.2) is 0 Å². The van der Waals surface area contributed by atoms with Crippen LogP contribution in [0.5, 0.6) is 0 Å². The average molecular weight is 218 g/mol. The Bertz CT molecular complexity index is 396. The van der Waals surface area contributed by atoms with Gasteiger partial charge in [-0.05, 0) is 49.9 Å². The van der Waals surface area contributed by atoms with Gasteiger partial charge in [-0.1, -0.05) is 26.0 Å². The van der Waals surface area contributed by atoms with E-state index in [4.69, 9.17) is 4.74 Å². The van der Waals surface area contributed by atoms with E-state index in [1.807, 2.05) is 0 Å². The lowest BCUT2D eigenvalue weighted by Crippen LogP contribution is -2.45. The summed E-state index contributed by atoms with van der Waals surface area (Å²) in [5.41, 5.74) is 2.62. The molecule has 1 spiro atoms. The van der Waals surface area contributed by atoms with Crippen molar-refractivity contribution in [1.82, 2.24) is 0 Å². The molecule has 1 heterocycles. The van der Waals surface area contributed by atoms with Crippen LogP contribution < -0.4 is 0 Å². The van der Waals surface area contributed by atoms with Gasteiger partial charge in [0.2, 0.25) is 0 Å². The standard InChI is InChI=1S/C15H22O/c1-9-11-7-12-14(4,16-12)15(11)6-5-10(8-15)13(9,2)3/h10-12H,1,5-8H2,2-4H3/t10-,11?,12?,14-,15-/m1/s1. The molecule has 5 atom stereocenters. The van der Waals surface area contributed by atoms with Gasteiger partial charge in [0.15, 0.2) is 0 Å². The first-order valence-corrected chi connectivity index (χ1v) is 6.79. The highest BCUT2D eigenvalue weighted by Gasteiger charge is 2.77. The fourth-order valence-corrected chi connectivity index (χ4v) is 5.40. The van der Waals surface area contributed by atoms with Crippen LogP contribution in [0.1, 0.15) is 46.5 Å². The Morgan fingerprint density at radius 1 is 1.31 bits per heavy atom. The number of epoxide rings is 1. The average Bonchev–Trinajstić information content (AvgIpc) is 2.66. The molecular formula is C15H22O. The van der Waals surface area contributed by atoms with Crippen molar-refractivity contribution in [3.05, 3.63) is 12.2 Å². The molecule has 4 rings (SSSR count). The maximum Gasteiger partial charge on any atom is 0.0982 e. The van der Waals surface area contributed by atoms with Crippen molar-refractivity contribution in [2.45, 2.75) is 58.2 Å². The zero-order valence-electron chi connectivity index (χ0n) is 10.7. The maximum atomic E-state index is 6.01. The summed E-state index contributed by atoms with van der Waals surface area (Å²) in [6.45, 7) is 11.7. The quantitative estimate of drug-likeness (QED) is 0.447. The summed E-state index contributed by atoms with van der Waals surface area (Å²) in [6, 6.07) is 0. The fourth-order valence-electron chi connectivity index (χ4n) is 5.40. The van der Waals surface area contributed by atoms with Crippen LogP contribution in [0, 0.1) is 22.7 Å². The monoisotopic (exact) mass is 218 g/mol. The molecule has 0 amide bonds. The number of hydrogen-bond donors (Lipinski definition) is 0. The molecule has 3 aliphatic carbocycles. The second kappa shape index (κ2) is 2.29. The Morgan fingerprint density at radius 3 is 2.81 bits per heavy atom. The third-order valence-corrected chi connectivity index (χ3v) is 6.87. The van der Waals surface area contributed by atoms with Crippen molar-refractivity contribution in [1.29, 1.82) is 0 Å². The highest BCUT2D eigenvalue weighted by atomic mass is 16.6. The molecule has 4 fully saturated rings. The first-order chi connectivity index (χ1) is 7.42. The SMILES string of the molecule is C=C1C2CC3O[C@@]3(C)[C@@]23CC[C@H](C3)C1(C)C. The van der Waals surface area contributed by atoms with Crippen LogP contribution in [-0.4, -0.2) is 11.7 Å². The van der Waals surface area contributed by atoms with E-state index in [1.165, 1.54) is 25.7 Å². The maximum absolute atomic E-state index is 6.01. The van der Waals surface area contributed by atoms with Crippen LogP contribution in [0.25, 0.3) is 0 Å². The van der Waals surface area contributed by atoms with E-state index in [-0.39, 0.29) is 5.60 Å². The van der Waals surface area contributed by atoms with Gasteiger partial charge in [0.25, 0.3) is 0 Å². The van der Waals surface area contributed by atoms with Gasteiger partial charge in [-0.2, -0.15) is 0 Å². The molecule has 0 aromatic rings.